The number of ether oxygens (including phenoxy) is 1. The molecule has 0 bridgehead atoms. The van der Waals surface area contributed by atoms with Gasteiger partial charge in [0.05, 0.1) is 9.92 Å². The van der Waals surface area contributed by atoms with E-state index in [0.29, 0.717) is 24.4 Å². The van der Waals surface area contributed by atoms with Gasteiger partial charge in [-0.25, -0.2) is 17.8 Å². The predicted octanol–water partition coefficient (Wildman–Crippen LogP) is 4.17. The third-order valence-electron chi connectivity index (χ3n) is 4.44. The Morgan fingerprint density at radius 2 is 2.03 bits per heavy atom. The molecule has 1 unspecified atom stereocenters. The molecule has 1 aliphatic rings. The molecule has 0 spiro atoms. The van der Waals surface area contributed by atoms with Gasteiger partial charge in [0.2, 0.25) is 0 Å². The number of hydrogen-bond acceptors (Lipinski definition) is 6. The summed E-state index contributed by atoms with van der Waals surface area (Å²) in [6, 6.07) is 9.87. The molecule has 1 amide bonds. The molecule has 158 valence electrons. The Bertz CT molecular complexity index is 1180. The van der Waals surface area contributed by atoms with Crippen LogP contribution in [0.15, 0.2) is 58.9 Å². The van der Waals surface area contributed by atoms with Crippen molar-refractivity contribution in [3.05, 3.63) is 64.9 Å². The molecule has 11 heteroatoms. The molecule has 1 aromatic heterocycles. The lowest BCUT2D eigenvalue weighted by Gasteiger charge is -2.18. The number of benzene rings is 2. The van der Waals surface area contributed by atoms with Gasteiger partial charge in [-0.1, -0.05) is 11.6 Å². The summed E-state index contributed by atoms with van der Waals surface area (Å²) in [5.41, 5.74) is 0.552. The lowest BCUT2D eigenvalue weighted by atomic mass is 10.3. The minimum absolute atomic E-state index is 0. The van der Waals surface area contributed by atoms with Gasteiger partial charge in [-0.2, -0.15) is 0 Å². The molecule has 1 fully saturated rings. The molecule has 1 aliphatic heterocycles. The maximum atomic E-state index is 13.3. The molecule has 30 heavy (non-hydrogen) atoms. The van der Waals surface area contributed by atoms with Gasteiger partial charge in [0.15, 0.2) is 11.2 Å². The summed E-state index contributed by atoms with van der Waals surface area (Å²) in [5.74, 6) is -0.536. The minimum Gasteiger partial charge on any atom is -0.480 e. The van der Waals surface area contributed by atoms with Gasteiger partial charge in [0.25, 0.3) is 15.9 Å². The van der Waals surface area contributed by atoms with Crippen LogP contribution in [0.2, 0.25) is 5.02 Å². The van der Waals surface area contributed by atoms with Crippen LogP contribution in [-0.2, 0) is 14.8 Å². The number of halogens is 2. The molecule has 0 radical (unpaired) electrons. The molecule has 1 atom stereocenters. The topological polar surface area (TPSA) is 88.6 Å². The molecule has 2 heterocycles. The van der Waals surface area contributed by atoms with Gasteiger partial charge < -0.3 is 9.64 Å². The second-order valence-corrected chi connectivity index (χ2v) is 9.38. The summed E-state index contributed by atoms with van der Waals surface area (Å²) in [7, 11) is -3.77. The van der Waals surface area contributed by atoms with Crippen molar-refractivity contribution >= 4 is 49.7 Å². The van der Waals surface area contributed by atoms with Crippen LogP contribution in [0.1, 0.15) is 7.85 Å². The Balaban J connectivity index is 0.00000272. The first-order chi connectivity index (χ1) is 14.3. The highest BCUT2D eigenvalue weighted by Gasteiger charge is 2.34. The van der Waals surface area contributed by atoms with Crippen LogP contribution in [-0.4, -0.2) is 32.0 Å². The van der Waals surface area contributed by atoms with Crippen LogP contribution in [0.25, 0.3) is 0 Å². The molecule has 7 nitrogen and oxygen atoms in total. The first-order valence-electron chi connectivity index (χ1n) is 8.79. The summed E-state index contributed by atoms with van der Waals surface area (Å²) in [6.07, 6.45) is 1.20. The second kappa shape index (κ2) is 8.21. The van der Waals surface area contributed by atoms with E-state index in [1.54, 1.807) is 17.5 Å². The average molecular weight is 470 g/mol. The molecular weight excluding hydrogens is 453 g/mol. The number of amides is 1. The molecule has 0 saturated carbocycles. The number of hydrogen-bond donors (Lipinski definition) is 1. The van der Waals surface area contributed by atoms with Gasteiger partial charge in [0, 0.05) is 37.7 Å². The Kier molecular flexibility index (Phi) is 5.63. The van der Waals surface area contributed by atoms with Crippen LogP contribution < -0.4 is 14.4 Å². The highest BCUT2D eigenvalue weighted by molar-refractivity contribution is 7.93. The average Bonchev–Trinajstić information content (AvgIpc) is 3.35. The number of anilines is 2. The molecule has 1 N–H and O–H groups in total. The molecule has 1 saturated heterocycles. The third-order valence-corrected chi connectivity index (χ3v) is 6.90. The Morgan fingerprint density at radius 3 is 2.70 bits per heavy atom. The fourth-order valence-corrected chi connectivity index (χ4v) is 4.95. The Hall–Kier alpha value is -2.69. The highest BCUT2D eigenvalue weighted by Crippen LogP contribution is 2.28. The normalized spacial score (nSPS) is 16.7. The monoisotopic (exact) mass is 469 g/mol. The zero-order valence-electron chi connectivity index (χ0n) is 15.3. The van der Waals surface area contributed by atoms with Gasteiger partial charge >= 0.3 is 0 Å². The van der Waals surface area contributed by atoms with Gasteiger partial charge in [-0.3, -0.25) is 9.52 Å². The van der Waals surface area contributed by atoms with E-state index in [2.05, 4.69) is 9.71 Å². The van der Waals surface area contributed by atoms with Crippen LogP contribution in [0.4, 0.5) is 15.2 Å². The van der Waals surface area contributed by atoms with E-state index in [9.17, 15) is 17.6 Å². The number of nitrogens with zero attached hydrogens (tertiary/aromatic N) is 2. The van der Waals surface area contributed by atoms with E-state index in [0.717, 1.165) is 0 Å². The van der Waals surface area contributed by atoms with Crippen molar-refractivity contribution in [3.8, 4) is 5.75 Å². The number of thiazole rings is 1. The number of nitrogens with one attached hydrogen (secondary N) is 1. The second-order valence-electron chi connectivity index (χ2n) is 6.40. The molecule has 4 rings (SSSR count). The van der Waals surface area contributed by atoms with Crippen molar-refractivity contribution < 1.29 is 23.8 Å². The number of sulfonamides is 1. The zero-order valence-corrected chi connectivity index (χ0v) is 17.7. The third kappa shape index (κ3) is 4.25. The quantitative estimate of drug-likeness (QED) is 0.585. The van der Waals surface area contributed by atoms with E-state index in [1.165, 1.54) is 52.8 Å². The van der Waals surface area contributed by atoms with E-state index in [4.69, 9.17) is 16.3 Å². The van der Waals surface area contributed by atoms with Crippen LogP contribution in [0.5, 0.6) is 5.75 Å². The fraction of sp³-hybridized carbons (Fsp3) is 0.158. The summed E-state index contributed by atoms with van der Waals surface area (Å²) < 4.78 is 46.2. The Morgan fingerprint density at radius 1 is 1.27 bits per heavy atom. The summed E-state index contributed by atoms with van der Waals surface area (Å²) in [6.45, 7) is 0.405. The van der Waals surface area contributed by atoms with Crippen LogP contribution in [0, 0.1) is 5.82 Å². The van der Waals surface area contributed by atoms with Crippen molar-refractivity contribution in [2.45, 2.75) is 17.4 Å². The van der Waals surface area contributed by atoms with Crippen molar-refractivity contribution in [2.24, 2.45) is 0 Å². The summed E-state index contributed by atoms with van der Waals surface area (Å²) in [5, 5.41) is 1.85. The highest BCUT2D eigenvalue weighted by atomic mass is 35.5. The Labute approximate surface area is 182 Å². The molecular formula is C19H17ClFN3O4S2. The standard InChI is InChI=1S/C19H15ClFN3O4S2.H2/c20-15-11-13(3-6-16(15)21)28-17-7-9-24(18(17)25)12-1-4-14(5-2-12)30(26,27)23-19-22-8-10-29-19;/h1-6,8,10-11,17H,7,9H2,(H,22,23);1H. The van der Waals surface area contributed by atoms with Gasteiger partial charge in [0.1, 0.15) is 11.6 Å². The van der Waals surface area contributed by atoms with Crippen LogP contribution >= 0.6 is 22.9 Å². The summed E-state index contributed by atoms with van der Waals surface area (Å²) in [4.78, 5) is 18.2. The number of rotatable bonds is 6. The largest absolute Gasteiger partial charge is 0.480 e. The number of carbonyl (C=O) groups is 1. The number of carbonyl (C=O) groups excluding carboxylic acids is 1. The van der Waals surface area contributed by atoms with Crippen molar-refractivity contribution in [1.29, 1.82) is 0 Å². The fourth-order valence-electron chi connectivity index (χ4n) is 2.99. The minimum atomic E-state index is -3.77. The molecule has 0 aliphatic carbocycles. The predicted molar refractivity (Wildman–Crippen MR) is 114 cm³/mol. The first-order valence-corrected chi connectivity index (χ1v) is 11.5. The van der Waals surface area contributed by atoms with Gasteiger partial charge in [-0.05, 0) is 36.4 Å². The lowest BCUT2D eigenvalue weighted by molar-refractivity contribution is -0.122. The SMILES string of the molecule is O=C1C(Oc2ccc(F)c(Cl)c2)CCN1c1ccc(S(=O)(=O)Nc2nccs2)cc1.[HH]. The lowest BCUT2D eigenvalue weighted by Crippen LogP contribution is -2.32. The zero-order chi connectivity index (χ0) is 21.3. The maximum absolute atomic E-state index is 13.3. The first kappa shape index (κ1) is 20.6. The molecule has 3 aromatic rings. The molecule has 2 aromatic carbocycles. The van der Waals surface area contributed by atoms with E-state index in [-0.39, 0.29) is 22.4 Å². The van der Waals surface area contributed by atoms with Crippen molar-refractivity contribution in [2.75, 3.05) is 16.2 Å². The van der Waals surface area contributed by atoms with E-state index >= 15 is 0 Å². The van der Waals surface area contributed by atoms with Gasteiger partial charge in [-0.15, -0.1) is 11.3 Å². The number of aromatic nitrogens is 1. The smallest absolute Gasteiger partial charge is 0.268 e. The summed E-state index contributed by atoms with van der Waals surface area (Å²) >= 11 is 6.92. The van der Waals surface area contributed by atoms with E-state index in [1.807, 2.05) is 0 Å². The maximum Gasteiger partial charge on any atom is 0.268 e. The van der Waals surface area contributed by atoms with Crippen molar-refractivity contribution in [1.82, 2.24) is 4.98 Å². The van der Waals surface area contributed by atoms with Crippen LogP contribution in [0.3, 0.4) is 0 Å². The van der Waals surface area contributed by atoms with E-state index < -0.39 is 21.9 Å². The van der Waals surface area contributed by atoms with Crippen molar-refractivity contribution in [3.63, 3.8) is 0 Å².